The van der Waals surface area contributed by atoms with Gasteiger partial charge in [0.05, 0.1) is 23.4 Å². The van der Waals surface area contributed by atoms with E-state index in [0.29, 0.717) is 0 Å². The highest BCUT2D eigenvalue weighted by atomic mass is 32.1. The molecule has 1 aliphatic rings. The van der Waals surface area contributed by atoms with E-state index in [-0.39, 0.29) is 0 Å². The van der Waals surface area contributed by atoms with Gasteiger partial charge in [-0.2, -0.15) is 0 Å². The van der Waals surface area contributed by atoms with Gasteiger partial charge in [0.25, 0.3) is 0 Å². The minimum Gasteiger partial charge on any atom is -0.378 e. The predicted octanol–water partition coefficient (Wildman–Crippen LogP) is 3.74. The van der Waals surface area contributed by atoms with E-state index in [1.807, 2.05) is 24.5 Å². The van der Waals surface area contributed by atoms with E-state index in [0.717, 1.165) is 64.5 Å². The Labute approximate surface area is 148 Å². The molecule has 5 rings (SSSR count). The first-order valence-corrected chi connectivity index (χ1v) is 9.19. The summed E-state index contributed by atoms with van der Waals surface area (Å²) in [5.41, 5.74) is 2.05. The molecule has 1 saturated heterocycles. The van der Waals surface area contributed by atoms with Crippen molar-refractivity contribution in [2.24, 2.45) is 0 Å². The number of pyridine rings is 1. The lowest BCUT2D eigenvalue weighted by Gasteiger charge is -2.28. The Kier molecular flexibility index (Phi) is 3.57. The molecule has 0 bridgehead atoms. The van der Waals surface area contributed by atoms with E-state index in [2.05, 4.69) is 33.5 Å². The number of aromatic nitrogens is 3. The van der Waals surface area contributed by atoms with Gasteiger partial charge in [-0.1, -0.05) is 18.2 Å². The lowest BCUT2D eigenvalue weighted by atomic mass is 10.1. The van der Waals surface area contributed by atoms with Crippen LogP contribution in [0, 0.1) is 0 Å². The summed E-state index contributed by atoms with van der Waals surface area (Å²) in [7, 11) is 0. The van der Waals surface area contributed by atoms with Gasteiger partial charge in [0, 0.05) is 36.4 Å². The molecule has 0 N–H and O–H groups in total. The lowest BCUT2D eigenvalue weighted by Crippen LogP contribution is -2.36. The molecule has 124 valence electrons. The van der Waals surface area contributed by atoms with E-state index in [1.165, 1.54) is 0 Å². The van der Waals surface area contributed by atoms with Gasteiger partial charge in [-0.15, -0.1) is 11.3 Å². The molecule has 0 aliphatic carbocycles. The summed E-state index contributed by atoms with van der Waals surface area (Å²) in [5, 5.41) is 4.31. The minimum absolute atomic E-state index is 0.742. The van der Waals surface area contributed by atoms with Gasteiger partial charge in [-0.05, 0) is 22.9 Å². The first kappa shape index (κ1) is 14.7. The van der Waals surface area contributed by atoms with E-state index < -0.39 is 0 Å². The first-order chi connectivity index (χ1) is 12.4. The molecule has 1 fully saturated rings. The summed E-state index contributed by atoms with van der Waals surface area (Å²) in [4.78, 5) is 16.3. The maximum Gasteiger partial charge on any atom is 0.162 e. The maximum atomic E-state index is 5.50. The molecule has 0 radical (unpaired) electrons. The molecule has 25 heavy (non-hydrogen) atoms. The van der Waals surface area contributed by atoms with Crippen molar-refractivity contribution in [1.82, 2.24) is 15.0 Å². The molecule has 0 atom stereocenters. The van der Waals surface area contributed by atoms with Crippen LogP contribution in [-0.2, 0) is 4.74 Å². The highest BCUT2D eigenvalue weighted by Gasteiger charge is 2.19. The van der Waals surface area contributed by atoms with Crippen LogP contribution in [-0.4, -0.2) is 41.3 Å². The molecule has 0 spiro atoms. The number of rotatable bonds is 2. The van der Waals surface area contributed by atoms with Crippen molar-refractivity contribution in [2.45, 2.75) is 0 Å². The van der Waals surface area contributed by atoms with Gasteiger partial charge in [0.1, 0.15) is 0 Å². The van der Waals surface area contributed by atoms with Gasteiger partial charge in [0.15, 0.2) is 11.6 Å². The quantitative estimate of drug-likeness (QED) is 0.552. The number of ether oxygens (including phenoxy) is 1. The number of fused-ring (bicyclic) bond motifs is 2. The van der Waals surface area contributed by atoms with Gasteiger partial charge in [0.2, 0.25) is 0 Å². The summed E-state index contributed by atoms with van der Waals surface area (Å²) in [6.07, 6.45) is 3.70. The van der Waals surface area contributed by atoms with E-state index in [9.17, 15) is 0 Å². The van der Waals surface area contributed by atoms with Crippen LogP contribution in [0.3, 0.4) is 0 Å². The summed E-state index contributed by atoms with van der Waals surface area (Å²) in [6, 6.07) is 10.3. The van der Waals surface area contributed by atoms with E-state index in [1.54, 1.807) is 11.3 Å². The summed E-state index contributed by atoms with van der Waals surface area (Å²) in [6.45, 7) is 3.21. The lowest BCUT2D eigenvalue weighted by molar-refractivity contribution is 0.122. The standard InChI is InChI=1S/C19H16N4OS/c1-2-13-12-20-6-4-14(13)15(3-1)18-21-16-5-11-25-17(16)19(22-18)23-7-9-24-10-8-23/h1-6,11-12H,7-10H2. The zero-order valence-electron chi connectivity index (χ0n) is 13.6. The predicted molar refractivity (Wildman–Crippen MR) is 101 cm³/mol. The second kappa shape index (κ2) is 6.06. The van der Waals surface area contributed by atoms with E-state index in [4.69, 9.17) is 14.7 Å². The topological polar surface area (TPSA) is 51.1 Å². The highest BCUT2D eigenvalue weighted by Crippen LogP contribution is 2.33. The molecule has 0 unspecified atom stereocenters. The number of anilines is 1. The number of nitrogens with zero attached hydrogens (tertiary/aromatic N) is 4. The second-order valence-corrected chi connectivity index (χ2v) is 6.92. The second-order valence-electron chi connectivity index (χ2n) is 6.01. The van der Waals surface area contributed by atoms with Crippen LogP contribution in [0.25, 0.3) is 32.4 Å². The molecule has 1 aromatic carbocycles. The van der Waals surface area contributed by atoms with Crippen molar-refractivity contribution in [3.05, 3.63) is 48.1 Å². The SMILES string of the molecule is c1cc(-c2nc(N3CCOCC3)c3sccc3n2)c2ccncc2c1. The molecular formula is C19H16N4OS. The zero-order valence-corrected chi connectivity index (χ0v) is 14.4. The van der Waals surface area contributed by atoms with Crippen LogP contribution in [0.5, 0.6) is 0 Å². The Morgan fingerprint density at radius 2 is 1.96 bits per heavy atom. The van der Waals surface area contributed by atoms with Crippen LogP contribution >= 0.6 is 11.3 Å². The van der Waals surface area contributed by atoms with Crippen LogP contribution in [0.2, 0.25) is 0 Å². The number of benzene rings is 1. The largest absolute Gasteiger partial charge is 0.378 e. The highest BCUT2D eigenvalue weighted by molar-refractivity contribution is 7.17. The fraction of sp³-hybridized carbons (Fsp3) is 0.211. The van der Waals surface area contributed by atoms with Crippen LogP contribution < -0.4 is 4.90 Å². The third kappa shape index (κ3) is 2.54. The Morgan fingerprint density at radius 1 is 1.04 bits per heavy atom. The fourth-order valence-corrected chi connectivity index (χ4v) is 4.12. The number of morpholine rings is 1. The molecule has 4 heterocycles. The third-order valence-electron chi connectivity index (χ3n) is 4.52. The van der Waals surface area contributed by atoms with Crippen LogP contribution in [0.15, 0.2) is 48.1 Å². The number of hydrogen-bond donors (Lipinski definition) is 0. The molecule has 4 aromatic rings. The average molecular weight is 348 g/mol. The van der Waals surface area contributed by atoms with Crippen LogP contribution in [0.4, 0.5) is 5.82 Å². The Bertz CT molecular complexity index is 1050. The number of thiophene rings is 1. The molecule has 3 aromatic heterocycles. The Morgan fingerprint density at radius 3 is 2.88 bits per heavy atom. The van der Waals surface area contributed by atoms with Gasteiger partial charge in [-0.25, -0.2) is 9.97 Å². The minimum atomic E-state index is 0.742. The van der Waals surface area contributed by atoms with Crippen molar-refractivity contribution < 1.29 is 4.74 Å². The fourth-order valence-electron chi connectivity index (χ4n) is 3.28. The molecule has 6 heteroatoms. The third-order valence-corrected chi connectivity index (χ3v) is 5.42. The zero-order chi connectivity index (χ0) is 16.6. The number of hydrogen-bond acceptors (Lipinski definition) is 6. The average Bonchev–Trinajstić information content (AvgIpc) is 3.16. The van der Waals surface area contributed by atoms with Crippen molar-refractivity contribution in [3.63, 3.8) is 0 Å². The summed E-state index contributed by atoms with van der Waals surface area (Å²) >= 11 is 1.70. The molecule has 0 saturated carbocycles. The first-order valence-electron chi connectivity index (χ1n) is 8.31. The molecule has 0 amide bonds. The van der Waals surface area contributed by atoms with Crippen molar-refractivity contribution >= 4 is 38.1 Å². The summed E-state index contributed by atoms with van der Waals surface area (Å²) in [5.74, 6) is 1.79. The Hall–Kier alpha value is -2.57. The van der Waals surface area contributed by atoms with Gasteiger partial charge >= 0.3 is 0 Å². The van der Waals surface area contributed by atoms with E-state index >= 15 is 0 Å². The normalized spacial score (nSPS) is 15.1. The monoisotopic (exact) mass is 348 g/mol. The van der Waals surface area contributed by atoms with Gasteiger partial charge < -0.3 is 9.64 Å². The van der Waals surface area contributed by atoms with Gasteiger partial charge in [-0.3, -0.25) is 4.98 Å². The van der Waals surface area contributed by atoms with Crippen LogP contribution in [0.1, 0.15) is 0 Å². The maximum absolute atomic E-state index is 5.50. The van der Waals surface area contributed by atoms with Crippen molar-refractivity contribution in [3.8, 4) is 11.4 Å². The van der Waals surface area contributed by atoms with Crippen molar-refractivity contribution in [1.29, 1.82) is 0 Å². The Balaban J connectivity index is 1.73. The van der Waals surface area contributed by atoms with Crippen molar-refractivity contribution in [2.75, 3.05) is 31.2 Å². The molecular weight excluding hydrogens is 332 g/mol. The summed E-state index contributed by atoms with van der Waals surface area (Å²) < 4.78 is 6.64. The molecule has 1 aliphatic heterocycles. The molecule has 5 nitrogen and oxygen atoms in total. The smallest absolute Gasteiger partial charge is 0.162 e.